The first kappa shape index (κ1) is 19.6. The van der Waals surface area contributed by atoms with Crippen LogP contribution in [0.2, 0.25) is 0 Å². The molecule has 152 valence electrons. The molecule has 4 rings (SSSR count). The minimum atomic E-state index is -0.0411. The van der Waals surface area contributed by atoms with E-state index in [0.717, 1.165) is 36.0 Å². The molecule has 0 spiro atoms. The Labute approximate surface area is 174 Å². The number of aromatic nitrogens is 2. The molecule has 1 amide bonds. The van der Waals surface area contributed by atoms with Crippen molar-refractivity contribution in [1.29, 1.82) is 0 Å². The number of aromatic hydroxyl groups is 1. The van der Waals surface area contributed by atoms with E-state index in [1.54, 1.807) is 29.5 Å². The van der Waals surface area contributed by atoms with E-state index in [1.165, 1.54) is 17.0 Å². The summed E-state index contributed by atoms with van der Waals surface area (Å²) in [5, 5.41) is 13.0. The molecule has 1 aliphatic rings. The molecule has 0 atom stereocenters. The van der Waals surface area contributed by atoms with Crippen LogP contribution in [0.25, 0.3) is 10.2 Å². The van der Waals surface area contributed by atoms with Gasteiger partial charge in [0.2, 0.25) is 0 Å². The van der Waals surface area contributed by atoms with E-state index in [2.05, 4.69) is 29.1 Å². The Morgan fingerprint density at radius 1 is 1.21 bits per heavy atom. The SMILES string of the molecule is Cc1nc(N2CCN(C(=O)c3cccc(O)c3)CC2)c2c(CC(C)C)csc2n1. The van der Waals surface area contributed by atoms with Crippen LogP contribution >= 0.6 is 11.3 Å². The van der Waals surface area contributed by atoms with Gasteiger partial charge in [0.15, 0.2) is 0 Å². The van der Waals surface area contributed by atoms with Crippen LogP contribution < -0.4 is 4.90 Å². The van der Waals surface area contributed by atoms with E-state index in [9.17, 15) is 9.90 Å². The molecule has 0 saturated carbocycles. The van der Waals surface area contributed by atoms with E-state index in [1.807, 2.05) is 11.8 Å². The molecule has 1 fully saturated rings. The summed E-state index contributed by atoms with van der Waals surface area (Å²) in [5.74, 6) is 2.42. The highest BCUT2D eigenvalue weighted by atomic mass is 32.1. The second-order valence-corrected chi connectivity index (χ2v) is 8.82. The van der Waals surface area contributed by atoms with Gasteiger partial charge in [-0.25, -0.2) is 9.97 Å². The molecule has 3 heterocycles. The Kier molecular flexibility index (Phi) is 5.41. The van der Waals surface area contributed by atoms with Gasteiger partial charge in [0.25, 0.3) is 5.91 Å². The average Bonchev–Trinajstić information content (AvgIpc) is 3.08. The van der Waals surface area contributed by atoms with E-state index in [-0.39, 0.29) is 11.7 Å². The molecule has 0 radical (unpaired) electrons. The first-order chi connectivity index (χ1) is 13.9. The molecule has 1 aromatic carbocycles. The van der Waals surface area contributed by atoms with Gasteiger partial charge in [-0.1, -0.05) is 19.9 Å². The summed E-state index contributed by atoms with van der Waals surface area (Å²) in [4.78, 5) is 27.4. The van der Waals surface area contributed by atoms with Crippen molar-refractivity contribution in [1.82, 2.24) is 14.9 Å². The zero-order valence-electron chi connectivity index (χ0n) is 17.1. The summed E-state index contributed by atoms with van der Waals surface area (Å²) < 4.78 is 0. The van der Waals surface area contributed by atoms with Crippen LogP contribution in [0.3, 0.4) is 0 Å². The Bertz CT molecular complexity index is 1040. The third kappa shape index (κ3) is 4.05. The molecular weight excluding hydrogens is 384 g/mol. The van der Waals surface area contributed by atoms with Crippen LogP contribution in [-0.4, -0.2) is 52.1 Å². The number of aryl methyl sites for hydroxylation is 1. The largest absolute Gasteiger partial charge is 0.508 e. The van der Waals surface area contributed by atoms with E-state index in [4.69, 9.17) is 4.98 Å². The number of hydrogen-bond donors (Lipinski definition) is 1. The van der Waals surface area contributed by atoms with Gasteiger partial charge in [-0.05, 0) is 48.4 Å². The van der Waals surface area contributed by atoms with Crippen molar-refractivity contribution < 1.29 is 9.90 Å². The van der Waals surface area contributed by atoms with Gasteiger partial charge < -0.3 is 14.9 Å². The fourth-order valence-corrected chi connectivity index (χ4v) is 4.84. The van der Waals surface area contributed by atoms with Crippen molar-refractivity contribution in [3.8, 4) is 5.75 Å². The summed E-state index contributed by atoms with van der Waals surface area (Å²) in [6, 6.07) is 6.55. The van der Waals surface area contributed by atoms with E-state index < -0.39 is 0 Å². The molecule has 6 nitrogen and oxygen atoms in total. The summed E-state index contributed by atoms with van der Waals surface area (Å²) >= 11 is 1.69. The summed E-state index contributed by atoms with van der Waals surface area (Å²) in [7, 11) is 0. The molecule has 3 aromatic rings. The number of phenolic OH excluding ortho intramolecular Hbond substituents is 1. The lowest BCUT2D eigenvalue weighted by atomic mass is 10.0. The number of carbonyl (C=O) groups excluding carboxylic acids is 1. The maximum absolute atomic E-state index is 12.8. The number of amides is 1. The van der Waals surface area contributed by atoms with Crippen LogP contribution in [0.5, 0.6) is 5.75 Å². The highest BCUT2D eigenvalue weighted by Crippen LogP contribution is 2.34. The molecular formula is C22H26N4O2S. The maximum atomic E-state index is 12.8. The van der Waals surface area contributed by atoms with Crippen molar-refractivity contribution in [2.45, 2.75) is 27.2 Å². The van der Waals surface area contributed by atoms with Gasteiger partial charge in [0.05, 0.1) is 5.39 Å². The average molecular weight is 411 g/mol. The number of piperazine rings is 1. The third-order valence-corrected chi connectivity index (χ3v) is 6.11. The topological polar surface area (TPSA) is 69.6 Å². The molecule has 0 bridgehead atoms. The number of hydrogen-bond acceptors (Lipinski definition) is 6. The van der Waals surface area contributed by atoms with E-state index in [0.29, 0.717) is 24.6 Å². The Balaban J connectivity index is 1.56. The number of fused-ring (bicyclic) bond motifs is 1. The second-order valence-electron chi connectivity index (χ2n) is 7.96. The summed E-state index contributed by atoms with van der Waals surface area (Å²) in [6.07, 6.45) is 1.01. The number of thiophene rings is 1. The number of rotatable bonds is 4. The van der Waals surface area contributed by atoms with Crippen LogP contribution in [0.4, 0.5) is 5.82 Å². The van der Waals surface area contributed by atoms with Gasteiger partial charge in [-0.15, -0.1) is 11.3 Å². The fraction of sp³-hybridized carbons (Fsp3) is 0.409. The third-order valence-electron chi connectivity index (χ3n) is 5.19. The molecule has 0 unspecified atom stereocenters. The smallest absolute Gasteiger partial charge is 0.254 e. The summed E-state index contributed by atoms with van der Waals surface area (Å²) in [6.45, 7) is 9.10. The van der Waals surface area contributed by atoms with Crippen molar-refractivity contribution in [3.05, 3.63) is 46.6 Å². The monoisotopic (exact) mass is 410 g/mol. The van der Waals surface area contributed by atoms with Gasteiger partial charge in [0, 0.05) is 31.7 Å². The lowest BCUT2D eigenvalue weighted by molar-refractivity contribution is 0.0746. The van der Waals surface area contributed by atoms with Crippen LogP contribution in [0.1, 0.15) is 35.6 Å². The standard InChI is InChI=1S/C22H26N4O2S/c1-14(2)11-17-13-29-21-19(17)20(23-15(3)24-21)25-7-9-26(10-8-25)22(28)16-5-4-6-18(27)12-16/h4-6,12-14,27H,7-11H2,1-3H3. The molecule has 7 heteroatoms. The fourth-order valence-electron chi connectivity index (χ4n) is 3.85. The van der Waals surface area contributed by atoms with Crippen LogP contribution in [0, 0.1) is 12.8 Å². The number of benzene rings is 1. The quantitative estimate of drug-likeness (QED) is 0.707. The van der Waals surface area contributed by atoms with Crippen molar-refractivity contribution in [2.24, 2.45) is 5.92 Å². The first-order valence-corrected chi connectivity index (χ1v) is 10.9. The van der Waals surface area contributed by atoms with Crippen LogP contribution in [0.15, 0.2) is 29.6 Å². The normalized spacial score (nSPS) is 14.8. The number of carbonyl (C=O) groups is 1. The minimum Gasteiger partial charge on any atom is -0.508 e. The molecule has 29 heavy (non-hydrogen) atoms. The highest BCUT2D eigenvalue weighted by Gasteiger charge is 2.25. The minimum absolute atomic E-state index is 0.0411. The Hall–Kier alpha value is -2.67. The van der Waals surface area contributed by atoms with E-state index >= 15 is 0 Å². The van der Waals surface area contributed by atoms with Crippen LogP contribution in [-0.2, 0) is 6.42 Å². The first-order valence-electron chi connectivity index (χ1n) is 10.0. The van der Waals surface area contributed by atoms with Crippen molar-refractivity contribution in [2.75, 3.05) is 31.1 Å². The highest BCUT2D eigenvalue weighted by molar-refractivity contribution is 7.17. The van der Waals surface area contributed by atoms with Gasteiger partial charge >= 0.3 is 0 Å². The summed E-state index contributed by atoms with van der Waals surface area (Å²) in [5.41, 5.74) is 1.84. The number of phenols is 1. The number of anilines is 1. The molecule has 1 N–H and O–H groups in total. The van der Waals surface area contributed by atoms with Gasteiger partial charge in [-0.3, -0.25) is 4.79 Å². The van der Waals surface area contributed by atoms with Gasteiger partial charge in [0.1, 0.15) is 22.2 Å². The zero-order chi connectivity index (χ0) is 20.5. The number of nitrogens with zero attached hydrogens (tertiary/aromatic N) is 4. The van der Waals surface area contributed by atoms with Gasteiger partial charge in [-0.2, -0.15) is 0 Å². The lowest BCUT2D eigenvalue weighted by Crippen LogP contribution is -2.49. The molecule has 1 saturated heterocycles. The molecule has 0 aliphatic carbocycles. The predicted molar refractivity (Wildman–Crippen MR) is 117 cm³/mol. The lowest BCUT2D eigenvalue weighted by Gasteiger charge is -2.36. The second kappa shape index (κ2) is 7.99. The molecule has 1 aliphatic heterocycles. The predicted octanol–water partition coefficient (Wildman–Crippen LogP) is 3.87. The van der Waals surface area contributed by atoms with Crippen molar-refractivity contribution >= 4 is 33.3 Å². The Morgan fingerprint density at radius 3 is 2.66 bits per heavy atom. The zero-order valence-corrected chi connectivity index (χ0v) is 17.9. The maximum Gasteiger partial charge on any atom is 0.254 e. The van der Waals surface area contributed by atoms with Crippen molar-refractivity contribution in [3.63, 3.8) is 0 Å². The Morgan fingerprint density at radius 2 is 1.97 bits per heavy atom. The molecule has 2 aromatic heterocycles.